The van der Waals surface area contributed by atoms with Crippen molar-refractivity contribution in [3.63, 3.8) is 0 Å². The number of hydrogen-bond acceptors (Lipinski definition) is 4. The molecule has 1 aliphatic rings. The van der Waals surface area contributed by atoms with E-state index in [1.807, 2.05) is 6.08 Å². The summed E-state index contributed by atoms with van der Waals surface area (Å²) in [4.78, 5) is 25.0. The minimum absolute atomic E-state index is 0.0706. The molecule has 0 N–H and O–H groups in total. The van der Waals surface area contributed by atoms with Gasteiger partial charge in [-0.05, 0) is 29.2 Å². The van der Waals surface area contributed by atoms with Crippen LogP contribution in [0.15, 0.2) is 23.3 Å². The third-order valence-electron chi connectivity index (χ3n) is 4.47. The maximum absolute atomic E-state index is 12.5. The topological polar surface area (TPSA) is 52.6 Å². The third kappa shape index (κ3) is 4.04. The number of methoxy groups -OCH3 is 2. The first-order chi connectivity index (χ1) is 10.4. The summed E-state index contributed by atoms with van der Waals surface area (Å²) < 4.78 is 9.91. The lowest BCUT2D eigenvalue weighted by molar-refractivity contribution is -0.169. The summed E-state index contributed by atoms with van der Waals surface area (Å²) in [6.45, 7) is 12.6. The second-order valence-corrected chi connectivity index (χ2v) is 8.28. The quantitative estimate of drug-likeness (QED) is 0.568. The van der Waals surface area contributed by atoms with Gasteiger partial charge >= 0.3 is 11.9 Å². The Morgan fingerprint density at radius 3 is 1.78 bits per heavy atom. The molecule has 0 aromatic rings. The van der Waals surface area contributed by atoms with E-state index < -0.39 is 17.4 Å². The molecule has 0 aliphatic heterocycles. The van der Waals surface area contributed by atoms with Gasteiger partial charge in [0.25, 0.3) is 0 Å². The van der Waals surface area contributed by atoms with Crippen LogP contribution in [0.3, 0.4) is 0 Å². The fraction of sp³-hybridized carbons (Fsp3) is 0.684. The number of rotatable bonds is 2. The number of allylic oxidation sites excluding steroid dienone is 4. The summed E-state index contributed by atoms with van der Waals surface area (Å²) in [6.07, 6.45) is 4.71. The van der Waals surface area contributed by atoms with Crippen LogP contribution in [0.5, 0.6) is 0 Å². The van der Waals surface area contributed by atoms with Crippen molar-refractivity contribution < 1.29 is 19.1 Å². The second-order valence-electron chi connectivity index (χ2n) is 8.28. The van der Waals surface area contributed by atoms with Gasteiger partial charge in [-0.1, -0.05) is 59.3 Å². The third-order valence-corrected chi connectivity index (χ3v) is 4.47. The highest BCUT2D eigenvalue weighted by atomic mass is 16.5. The lowest BCUT2D eigenvalue weighted by Gasteiger charge is -2.31. The van der Waals surface area contributed by atoms with Crippen LogP contribution in [-0.2, 0) is 19.1 Å². The van der Waals surface area contributed by atoms with Crippen LogP contribution in [-0.4, -0.2) is 26.2 Å². The Bertz CT molecular complexity index is 523. The summed E-state index contributed by atoms with van der Waals surface area (Å²) in [6, 6.07) is 0. The monoisotopic (exact) mass is 322 g/mol. The Hall–Kier alpha value is -1.58. The normalized spacial score (nSPS) is 18.4. The van der Waals surface area contributed by atoms with E-state index in [2.05, 4.69) is 47.6 Å². The van der Waals surface area contributed by atoms with E-state index in [1.165, 1.54) is 14.2 Å². The van der Waals surface area contributed by atoms with Gasteiger partial charge in [-0.25, -0.2) is 0 Å². The summed E-state index contributed by atoms with van der Waals surface area (Å²) in [7, 11) is 2.62. The van der Waals surface area contributed by atoms with Gasteiger partial charge in [0, 0.05) is 0 Å². The molecule has 0 radical (unpaired) electrons. The van der Waals surface area contributed by atoms with Crippen LogP contribution in [0.25, 0.3) is 0 Å². The largest absolute Gasteiger partial charge is 0.468 e. The molecule has 4 nitrogen and oxygen atoms in total. The first-order valence-corrected chi connectivity index (χ1v) is 7.97. The van der Waals surface area contributed by atoms with E-state index in [-0.39, 0.29) is 17.3 Å². The van der Waals surface area contributed by atoms with Crippen molar-refractivity contribution in [1.82, 2.24) is 0 Å². The Morgan fingerprint density at radius 2 is 1.43 bits per heavy atom. The summed E-state index contributed by atoms with van der Waals surface area (Å²) >= 11 is 0. The minimum atomic E-state index is -1.31. The zero-order chi connectivity index (χ0) is 18.1. The van der Waals surface area contributed by atoms with Gasteiger partial charge in [0.2, 0.25) is 0 Å². The molecule has 23 heavy (non-hydrogen) atoms. The van der Waals surface area contributed by atoms with E-state index in [4.69, 9.17) is 9.47 Å². The Balaban J connectivity index is 3.55. The molecule has 0 aromatic heterocycles. The molecule has 4 heteroatoms. The number of esters is 2. The van der Waals surface area contributed by atoms with E-state index in [1.54, 1.807) is 0 Å². The van der Waals surface area contributed by atoms with E-state index in [9.17, 15) is 9.59 Å². The van der Waals surface area contributed by atoms with Gasteiger partial charge in [0.15, 0.2) is 5.41 Å². The van der Waals surface area contributed by atoms with Gasteiger partial charge in [0.05, 0.1) is 14.2 Å². The standard InChI is InChI=1S/C19H30O4/c1-17(2,3)13-9-10-19(15(20)22-7,16(21)23-8)12-14(11-13)18(4,5)6/h9,11H,10,12H2,1-8H3. The lowest BCUT2D eigenvalue weighted by atomic mass is 9.73. The summed E-state index contributed by atoms with van der Waals surface area (Å²) in [5.41, 5.74) is 0.625. The molecule has 0 heterocycles. The first kappa shape index (κ1) is 19.5. The van der Waals surface area contributed by atoms with Gasteiger partial charge < -0.3 is 9.47 Å². The molecular weight excluding hydrogens is 292 g/mol. The molecule has 1 aliphatic carbocycles. The summed E-state index contributed by atoms with van der Waals surface area (Å²) in [5, 5.41) is 0. The van der Waals surface area contributed by atoms with Gasteiger partial charge in [0.1, 0.15) is 0 Å². The van der Waals surface area contributed by atoms with Crippen molar-refractivity contribution in [2.75, 3.05) is 14.2 Å². The predicted octanol–water partition coefficient (Wildman–Crippen LogP) is 4.06. The molecular formula is C19H30O4. The van der Waals surface area contributed by atoms with E-state index in [0.717, 1.165) is 11.1 Å². The lowest BCUT2D eigenvalue weighted by Crippen LogP contribution is -2.42. The fourth-order valence-electron chi connectivity index (χ4n) is 2.77. The summed E-state index contributed by atoms with van der Waals surface area (Å²) in [5.74, 6) is -1.07. The average Bonchev–Trinajstić information content (AvgIpc) is 2.65. The minimum Gasteiger partial charge on any atom is -0.468 e. The van der Waals surface area contributed by atoms with Gasteiger partial charge in [-0.2, -0.15) is 0 Å². The smallest absolute Gasteiger partial charge is 0.323 e. The van der Waals surface area contributed by atoms with Gasteiger partial charge in [-0.3, -0.25) is 9.59 Å². The molecule has 0 saturated heterocycles. The molecule has 0 unspecified atom stereocenters. The SMILES string of the molecule is COC(=O)C1(C(=O)OC)CC=C(C(C)(C)C)C=C(C(C)(C)C)C1. The zero-order valence-electron chi connectivity index (χ0n) is 15.7. The van der Waals surface area contributed by atoms with E-state index in [0.29, 0.717) is 6.42 Å². The van der Waals surface area contributed by atoms with Crippen molar-refractivity contribution in [2.24, 2.45) is 16.2 Å². The molecule has 130 valence electrons. The van der Waals surface area contributed by atoms with Crippen LogP contribution < -0.4 is 0 Å². The Kier molecular flexibility index (Phi) is 5.50. The van der Waals surface area contributed by atoms with Crippen LogP contribution in [0.2, 0.25) is 0 Å². The molecule has 0 spiro atoms. The highest BCUT2D eigenvalue weighted by Gasteiger charge is 2.50. The van der Waals surface area contributed by atoms with Crippen molar-refractivity contribution in [2.45, 2.75) is 54.4 Å². The van der Waals surface area contributed by atoms with E-state index >= 15 is 0 Å². The maximum Gasteiger partial charge on any atom is 0.323 e. The number of hydrogen-bond donors (Lipinski definition) is 0. The fourth-order valence-corrected chi connectivity index (χ4v) is 2.77. The highest BCUT2D eigenvalue weighted by molar-refractivity contribution is 6.00. The molecule has 0 fully saturated rings. The van der Waals surface area contributed by atoms with Crippen LogP contribution in [0.4, 0.5) is 0 Å². The average molecular weight is 322 g/mol. The number of ether oxygens (including phenoxy) is 2. The van der Waals surface area contributed by atoms with Crippen LogP contribution in [0.1, 0.15) is 54.4 Å². The van der Waals surface area contributed by atoms with Crippen LogP contribution in [0, 0.1) is 16.2 Å². The second kappa shape index (κ2) is 6.50. The van der Waals surface area contributed by atoms with Crippen molar-refractivity contribution >= 4 is 11.9 Å². The van der Waals surface area contributed by atoms with Crippen LogP contribution >= 0.6 is 0 Å². The molecule has 0 saturated carbocycles. The zero-order valence-corrected chi connectivity index (χ0v) is 15.7. The Morgan fingerprint density at radius 1 is 0.957 bits per heavy atom. The first-order valence-electron chi connectivity index (χ1n) is 7.97. The van der Waals surface area contributed by atoms with Gasteiger partial charge in [-0.15, -0.1) is 0 Å². The predicted molar refractivity (Wildman–Crippen MR) is 90.8 cm³/mol. The molecule has 0 aromatic carbocycles. The maximum atomic E-state index is 12.5. The van der Waals surface area contributed by atoms with Crippen molar-refractivity contribution in [3.05, 3.63) is 23.3 Å². The highest BCUT2D eigenvalue weighted by Crippen LogP contribution is 2.45. The molecule has 0 amide bonds. The molecule has 1 rings (SSSR count). The Labute approximate surface area is 139 Å². The number of carbonyl (C=O) groups is 2. The van der Waals surface area contributed by atoms with Crippen molar-refractivity contribution in [3.8, 4) is 0 Å². The molecule has 0 bridgehead atoms. The van der Waals surface area contributed by atoms with Crippen molar-refractivity contribution in [1.29, 1.82) is 0 Å². The molecule has 0 atom stereocenters. The number of carbonyl (C=O) groups excluding carboxylic acids is 2.